The van der Waals surface area contributed by atoms with E-state index in [1.165, 1.54) is 7.11 Å². The molecule has 0 aliphatic carbocycles. The molecule has 4 N–H and O–H groups in total. The van der Waals surface area contributed by atoms with E-state index in [-0.39, 0.29) is 25.2 Å². The smallest absolute Gasteiger partial charge is 0.323 e. The van der Waals surface area contributed by atoms with Gasteiger partial charge in [-0.15, -0.1) is 0 Å². The summed E-state index contributed by atoms with van der Waals surface area (Å²) in [5, 5.41) is 24.0. The first-order valence-corrected chi connectivity index (χ1v) is 12.8. The predicted molar refractivity (Wildman–Crippen MR) is 150 cm³/mol. The number of carbonyl (C=O) groups excluding carboxylic acids is 2. The van der Waals surface area contributed by atoms with Crippen molar-refractivity contribution in [2.75, 3.05) is 29.2 Å². The van der Waals surface area contributed by atoms with E-state index in [0.717, 1.165) is 16.8 Å². The molecule has 208 valence electrons. The zero-order valence-corrected chi connectivity index (χ0v) is 22.3. The third kappa shape index (κ3) is 6.76. The molecule has 1 heterocycles. The molecule has 1 aliphatic heterocycles. The maximum atomic E-state index is 13.2. The number of hydrogen-bond donors (Lipinski definition) is 4. The van der Waals surface area contributed by atoms with Crippen molar-refractivity contribution in [3.05, 3.63) is 82.9 Å². The largest absolute Gasteiger partial charge is 0.495 e. The number of amides is 3. The van der Waals surface area contributed by atoms with E-state index >= 15 is 0 Å². The SMILES string of the molecule is COc1cc(CC(=O)N2CCc3cc(C(CC(=O)O)CC(=O)O)ccc32)ccc1NC(=O)Nc1ccccc1C. The molecule has 3 amide bonds. The number of methoxy groups -OCH3 is 1. The second-order valence-corrected chi connectivity index (χ2v) is 9.68. The Morgan fingerprint density at radius 1 is 0.925 bits per heavy atom. The van der Waals surface area contributed by atoms with Crippen molar-refractivity contribution in [2.24, 2.45) is 0 Å². The molecule has 0 aromatic heterocycles. The molecular weight excluding hydrogens is 514 g/mol. The quantitative estimate of drug-likeness (QED) is 0.286. The van der Waals surface area contributed by atoms with Crippen LogP contribution in [-0.4, -0.2) is 47.7 Å². The Bertz CT molecular complexity index is 1440. The van der Waals surface area contributed by atoms with Gasteiger partial charge >= 0.3 is 18.0 Å². The molecule has 0 atom stereocenters. The molecule has 3 aromatic carbocycles. The number of aryl methyl sites for hydroxylation is 1. The molecule has 4 rings (SSSR count). The lowest BCUT2D eigenvalue weighted by molar-refractivity contribution is -0.139. The number of hydrogen-bond acceptors (Lipinski definition) is 5. The van der Waals surface area contributed by atoms with Crippen LogP contribution in [0.25, 0.3) is 0 Å². The number of anilines is 3. The highest BCUT2D eigenvalue weighted by molar-refractivity contribution is 6.01. The minimum Gasteiger partial charge on any atom is -0.495 e. The minimum atomic E-state index is -1.06. The third-order valence-corrected chi connectivity index (χ3v) is 6.88. The Hall–Kier alpha value is -4.86. The minimum absolute atomic E-state index is 0.105. The van der Waals surface area contributed by atoms with Gasteiger partial charge in [0.2, 0.25) is 5.91 Å². The van der Waals surface area contributed by atoms with E-state index in [9.17, 15) is 29.4 Å². The van der Waals surface area contributed by atoms with Crippen LogP contribution in [0.5, 0.6) is 5.75 Å². The van der Waals surface area contributed by atoms with E-state index in [0.29, 0.717) is 41.2 Å². The summed E-state index contributed by atoms with van der Waals surface area (Å²) in [6.07, 6.45) is 0.125. The fourth-order valence-electron chi connectivity index (χ4n) is 4.87. The summed E-state index contributed by atoms with van der Waals surface area (Å²) in [5.74, 6) is -2.48. The number of para-hydroxylation sites is 1. The Morgan fingerprint density at radius 2 is 1.62 bits per heavy atom. The summed E-state index contributed by atoms with van der Waals surface area (Å²) in [6, 6.07) is 17.4. The molecule has 0 saturated heterocycles. The van der Waals surface area contributed by atoms with Gasteiger partial charge in [0.25, 0.3) is 0 Å². The van der Waals surface area contributed by atoms with Gasteiger partial charge in [0.15, 0.2) is 0 Å². The number of nitrogens with one attached hydrogen (secondary N) is 2. The van der Waals surface area contributed by atoms with Crippen LogP contribution in [0.15, 0.2) is 60.7 Å². The topological polar surface area (TPSA) is 145 Å². The van der Waals surface area contributed by atoms with Crippen molar-refractivity contribution in [1.82, 2.24) is 0 Å². The van der Waals surface area contributed by atoms with E-state index in [1.807, 2.05) is 37.3 Å². The van der Waals surface area contributed by atoms with E-state index in [1.54, 1.807) is 35.2 Å². The van der Waals surface area contributed by atoms with Crippen molar-refractivity contribution >= 4 is 40.9 Å². The van der Waals surface area contributed by atoms with Crippen molar-refractivity contribution in [3.8, 4) is 5.75 Å². The monoisotopic (exact) mass is 545 g/mol. The Balaban J connectivity index is 1.44. The first kappa shape index (κ1) is 28.2. The van der Waals surface area contributed by atoms with Crippen LogP contribution >= 0.6 is 0 Å². The van der Waals surface area contributed by atoms with Gasteiger partial charge in [-0.05, 0) is 59.9 Å². The highest BCUT2D eigenvalue weighted by Crippen LogP contribution is 2.34. The molecule has 0 radical (unpaired) electrons. The zero-order chi connectivity index (χ0) is 28.8. The van der Waals surface area contributed by atoms with Crippen molar-refractivity contribution in [2.45, 2.75) is 38.5 Å². The molecule has 1 aliphatic rings. The second-order valence-electron chi connectivity index (χ2n) is 9.68. The number of nitrogens with zero attached hydrogens (tertiary/aromatic N) is 1. The fraction of sp³-hybridized carbons (Fsp3) is 0.267. The molecule has 3 aromatic rings. The number of ether oxygens (including phenoxy) is 1. The van der Waals surface area contributed by atoms with Gasteiger partial charge in [0.05, 0.1) is 32.1 Å². The number of urea groups is 1. The van der Waals surface area contributed by atoms with E-state index in [4.69, 9.17) is 4.74 Å². The lowest BCUT2D eigenvalue weighted by Crippen LogP contribution is -2.30. The Kier molecular flexibility index (Phi) is 8.68. The first-order valence-electron chi connectivity index (χ1n) is 12.8. The van der Waals surface area contributed by atoms with Gasteiger partial charge in [0.1, 0.15) is 5.75 Å². The van der Waals surface area contributed by atoms with Gasteiger partial charge < -0.3 is 30.5 Å². The molecule has 0 fully saturated rings. The number of carboxylic acids is 2. The highest BCUT2D eigenvalue weighted by atomic mass is 16.5. The van der Waals surface area contributed by atoms with Crippen molar-refractivity contribution in [3.63, 3.8) is 0 Å². The maximum Gasteiger partial charge on any atom is 0.323 e. The summed E-state index contributed by atoms with van der Waals surface area (Å²) >= 11 is 0. The summed E-state index contributed by atoms with van der Waals surface area (Å²) in [5.41, 5.74) is 5.04. The number of carboxylic acid groups (broad SMARTS) is 2. The van der Waals surface area contributed by atoms with Crippen LogP contribution in [0.1, 0.15) is 41.0 Å². The van der Waals surface area contributed by atoms with E-state index < -0.39 is 23.9 Å². The fourth-order valence-corrected chi connectivity index (χ4v) is 4.87. The average Bonchev–Trinajstić information content (AvgIpc) is 3.33. The summed E-state index contributed by atoms with van der Waals surface area (Å²) in [4.78, 5) is 49.9. The molecule has 10 heteroatoms. The second kappa shape index (κ2) is 12.3. The van der Waals surface area contributed by atoms with Gasteiger partial charge in [-0.25, -0.2) is 4.79 Å². The summed E-state index contributed by atoms with van der Waals surface area (Å²) in [6.45, 7) is 2.37. The van der Waals surface area contributed by atoms with Gasteiger partial charge in [0, 0.05) is 23.8 Å². The van der Waals surface area contributed by atoms with Crippen LogP contribution in [0, 0.1) is 6.92 Å². The highest BCUT2D eigenvalue weighted by Gasteiger charge is 2.27. The number of fused-ring (bicyclic) bond motifs is 1. The number of aliphatic carboxylic acids is 2. The zero-order valence-electron chi connectivity index (χ0n) is 22.3. The Morgan fingerprint density at radius 3 is 2.30 bits per heavy atom. The van der Waals surface area contributed by atoms with E-state index in [2.05, 4.69) is 10.6 Å². The van der Waals surface area contributed by atoms with Gasteiger partial charge in [-0.3, -0.25) is 14.4 Å². The number of benzene rings is 3. The molecule has 10 nitrogen and oxygen atoms in total. The van der Waals surface area contributed by atoms with Crippen LogP contribution < -0.4 is 20.3 Å². The standard InChI is InChI=1S/C30H31N3O7/c1-18-5-3-4-6-23(18)31-30(39)32-24-9-7-19(13-26(24)40-2)14-27(34)33-12-11-21-15-20(8-10-25(21)33)22(16-28(35)36)17-29(37)38/h3-10,13,15,22H,11-12,14,16-17H2,1-2H3,(H,35,36)(H,37,38)(H2,31,32,39). The maximum absolute atomic E-state index is 13.2. The summed E-state index contributed by atoms with van der Waals surface area (Å²) in [7, 11) is 1.49. The van der Waals surface area contributed by atoms with Crippen LogP contribution in [0.4, 0.5) is 21.9 Å². The normalized spacial score (nSPS) is 12.1. The van der Waals surface area contributed by atoms with Crippen LogP contribution in [0.3, 0.4) is 0 Å². The average molecular weight is 546 g/mol. The first-order chi connectivity index (χ1) is 19.1. The third-order valence-electron chi connectivity index (χ3n) is 6.88. The molecule has 0 unspecified atom stereocenters. The molecule has 0 saturated carbocycles. The van der Waals surface area contributed by atoms with Gasteiger partial charge in [-0.1, -0.05) is 36.4 Å². The summed E-state index contributed by atoms with van der Waals surface area (Å²) < 4.78 is 5.46. The lowest BCUT2D eigenvalue weighted by Gasteiger charge is -2.19. The van der Waals surface area contributed by atoms with Crippen LogP contribution in [0.2, 0.25) is 0 Å². The molecule has 0 bridgehead atoms. The van der Waals surface area contributed by atoms with Crippen LogP contribution in [-0.2, 0) is 27.2 Å². The van der Waals surface area contributed by atoms with Crippen molar-refractivity contribution in [1.29, 1.82) is 0 Å². The molecule has 0 spiro atoms. The van der Waals surface area contributed by atoms with Gasteiger partial charge in [-0.2, -0.15) is 0 Å². The Labute approximate surface area is 231 Å². The van der Waals surface area contributed by atoms with Crippen molar-refractivity contribution < 1.29 is 34.1 Å². The number of carbonyl (C=O) groups is 4. The molecule has 40 heavy (non-hydrogen) atoms. The molecular formula is C30H31N3O7. The number of rotatable bonds is 10. The lowest BCUT2D eigenvalue weighted by atomic mass is 9.91. The predicted octanol–water partition coefficient (Wildman–Crippen LogP) is 4.81.